The molecule has 1 aromatic carbocycles. The molecule has 0 saturated heterocycles. The van der Waals surface area contributed by atoms with Crippen molar-refractivity contribution < 1.29 is 9.90 Å². The molecule has 0 spiro atoms. The van der Waals surface area contributed by atoms with E-state index in [1.54, 1.807) is 13.8 Å². The van der Waals surface area contributed by atoms with Crippen LogP contribution in [0.3, 0.4) is 0 Å². The van der Waals surface area contributed by atoms with E-state index in [2.05, 4.69) is 21.2 Å². The standard InChI is InChI=1S/C14H20BrNO2/c1-13(2,12(17)18)14(3,4)16-9-10-7-5-6-8-11(10)15/h5-8,16H,9H2,1-4H3,(H,17,18). The Bertz CT molecular complexity index is 441. The third-order valence-electron chi connectivity index (χ3n) is 3.78. The zero-order valence-corrected chi connectivity index (χ0v) is 12.8. The predicted molar refractivity (Wildman–Crippen MR) is 76.5 cm³/mol. The molecule has 18 heavy (non-hydrogen) atoms. The molecule has 0 radical (unpaired) electrons. The van der Waals surface area contributed by atoms with Crippen LogP contribution in [0.15, 0.2) is 28.7 Å². The molecule has 0 aliphatic carbocycles. The topological polar surface area (TPSA) is 49.3 Å². The van der Waals surface area contributed by atoms with E-state index in [9.17, 15) is 9.90 Å². The Morgan fingerprint density at radius 2 is 1.83 bits per heavy atom. The van der Waals surface area contributed by atoms with Gasteiger partial charge in [-0.3, -0.25) is 4.79 Å². The molecule has 0 fully saturated rings. The largest absolute Gasteiger partial charge is 0.481 e. The average Bonchev–Trinajstić information content (AvgIpc) is 2.27. The van der Waals surface area contributed by atoms with Crippen molar-refractivity contribution in [2.75, 3.05) is 0 Å². The summed E-state index contributed by atoms with van der Waals surface area (Å²) in [6.45, 7) is 7.94. The van der Waals surface area contributed by atoms with Gasteiger partial charge in [0.15, 0.2) is 0 Å². The molecule has 0 saturated carbocycles. The van der Waals surface area contributed by atoms with Crippen LogP contribution >= 0.6 is 15.9 Å². The smallest absolute Gasteiger partial charge is 0.310 e. The molecule has 1 aromatic rings. The van der Waals surface area contributed by atoms with Crippen LogP contribution in [0, 0.1) is 5.41 Å². The van der Waals surface area contributed by atoms with E-state index in [1.807, 2.05) is 38.1 Å². The lowest BCUT2D eigenvalue weighted by atomic mass is 9.74. The minimum Gasteiger partial charge on any atom is -0.481 e. The SMILES string of the molecule is CC(C)(NCc1ccccc1Br)C(C)(C)C(=O)O. The van der Waals surface area contributed by atoms with E-state index < -0.39 is 16.9 Å². The van der Waals surface area contributed by atoms with Gasteiger partial charge in [-0.15, -0.1) is 0 Å². The minimum absolute atomic E-state index is 0.506. The molecule has 100 valence electrons. The van der Waals surface area contributed by atoms with Gasteiger partial charge in [-0.1, -0.05) is 34.1 Å². The fourth-order valence-corrected chi connectivity index (χ4v) is 1.87. The summed E-state index contributed by atoms with van der Waals surface area (Å²) < 4.78 is 1.03. The molecule has 0 aliphatic heterocycles. The quantitative estimate of drug-likeness (QED) is 0.875. The van der Waals surface area contributed by atoms with Crippen molar-refractivity contribution in [3.05, 3.63) is 34.3 Å². The normalized spacial score (nSPS) is 12.5. The third-order valence-corrected chi connectivity index (χ3v) is 4.55. The van der Waals surface area contributed by atoms with Crippen molar-refractivity contribution in [3.8, 4) is 0 Å². The second kappa shape index (κ2) is 5.41. The summed E-state index contributed by atoms with van der Waals surface area (Å²) in [5, 5.41) is 12.6. The van der Waals surface area contributed by atoms with Crippen LogP contribution < -0.4 is 5.32 Å². The minimum atomic E-state index is -0.839. The first-order valence-corrected chi connectivity index (χ1v) is 6.69. The van der Waals surface area contributed by atoms with Crippen molar-refractivity contribution >= 4 is 21.9 Å². The number of carboxylic acid groups (broad SMARTS) is 1. The van der Waals surface area contributed by atoms with Gasteiger partial charge in [0.25, 0.3) is 0 Å². The summed E-state index contributed by atoms with van der Waals surface area (Å²) in [5.74, 6) is -0.799. The molecule has 3 nitrogen and oxygen atoms in total. The van der Waals surface area contributed by atoms with E-state index in [-0.39, 0.29) is 0 Å². The lowest BCUT2D eigenvalue weighted by molar-refractivity contribution is -0.151. The van der Waals surface area contributed by atoms with Crippen LogP contribution in [-0.2, 0) is 11.3 Å². The Kier molecular flexibility index (Phi) is 4.56. The highest BCUT2D eigenvalue weighted by Gasteiger charge is 2.42. The number of halogens is 1. The van der Waals surface area contributed by atoms with Gasteiger partial charge in [-0.05, 0) is 39.3 Å². The van der Waals surface area contributed by atoms with E-state index in [0.29, 0.717) is 6.54 Å². The molecular formula is C14H20BrNO2. The number of rotatable bonds is 5. The molecule has 0 aliphatic rings. The summed E-state index contributed by atoms with van der Waals surface area (Å²) in [6.07, 6.45) is 0. The second-order valence-electron chi connectivity index (χ2n) is 5.50. The molecule has 0 bridgehead atoms. The Labute approximate surface area is 117 Å². The Balaban J connectivity index is 2.80. The molecule has 0 amide bonds. The number of benzene rings is 1. The fourth-order valence-electron chi connectivity index (χ4n) is 1.45. The molecule has 0 aromatic heterocycles. The highest BCUT2D eigenvalue weighted by atomic mass is 79.9. The molecule has 0 atom stereocenters. The van der Waals surface area contributed by atoms with Crippen molar-refractivity contribution in [1.29, 1.82) is 0 Å². The first kappa shape index (κ1) is 15.2. The maximum absolute atomic E-state index is 11.3. The van der Waals surface area contributed by atoms with Gasteiger partial charge in [-0.2, -0.15) is 0 Å². The van der Waals surface area contributed by atoms with Crippen LogP contribution in [0.4, 0.5) is 0 Å². The zero-order chi connectivity index (χ0) is 14.0. The first-order valence-electron chi connectivity index (χ1n) is 5.90. The van der Waals surface area contributed by atoms with Crippen LogP contribution in [-0.4, -0.2) is 16.6 Å². The fraction of sp³-hybridized carbons (Fsp3) is 0.500. The second-order valence-corrected chi connectivity index (χ2v) is 6.35. The average molecular weight is 314 g/mol. The van der Waals surface area contributed by atoms with E-state index in [0.717, 1.165) is 10.0 Å². The van der Waals surface area contributed by atoms with Crippen LogP contribution in [0.25, 0.3) is 0 Å². The van der Waals surface area contributed by atoms with Crippen LogP contribution in [0.1, 0.15) is 33.3 Å². The summed E-state index contributed by atoms with van der Waals surface area (Å²) in [4.78, 5) is 11.3. The number of hydrogen-bond donors (Lipinski definition) is 2. The van der Waals surface area contributed by atoms with E-state index in [1.165, 1.54) is 0 Å². The summed E-state index contributed by atoms with van der Waals surface area (Å²) in [6, 6.07) is 7.92. The van der Waals surface area contributed by atoms with Crippen molar-refractivity contribution in [2.45, 2.75) is 39.8 Å². The van der Waals surface area contributed by atoms with Gasteiger partial charge < -0.3 is 10.4 Å². The van der Waals surface area contributed by atoms with E-state index >= 15 is 0 Å². The molecule has 4 heteroatoms. The Hall–Kier alpha value is -0.870. The Morgan fingerprint density at radius 3 is 2.33 bits per heavy atom. The number of aliphatic carboxylic acids is 1. The van der Waals surface area contributed by atoms with Gasteiger partial charge in [0.2, 0.25) is 0 Å². The maximum Gasteiger partial charge on any atom is 0.310 e. The summed E-state index contributed by atoms with van der Waals surface area (Å²) in [5.41, 5.74) is -0.227. The van der Waals surface area contributed by atoms with Crippen LogP contribution in [0.5, 0.6) is 0 Å². The lowest BCUT2D eigenvalue weighted by Crippen LogP contribution is -2.54. The molecule has 0 unspecified atom stereocenters. The Morgan fingerprint density at radius 1 is 1.28 bits per heavy atom. The number of carboxylic acids is 1. The molecule has 1 rings (SSSR count). The molecule has 0 heterocycles. The van der Waals surface area contributed by atoms with Crippen molar-refractivity contribution in [3.63, 3.8) is 0 Å². The molecule has 2 N–H and O–H groups in total. The van der Waals surface area contributed by atoms with Gasteiger partial charge >= 0.3 is 5.97 Å². The maximum atomic E-state index is 11.3. The lowest BCUT2D eigenvalue weighted by Gasteiger charge is -2.39. The molecular weight excluding hydrogens is 294 g/mol. The van der Waals surface area contributed by atoms with Gasteiger partial charge in [0.1, 0.15) is 0 Å². The predicted octanol–water partition coefficient (Wildman–Crippen LogP) is 3.43. The van der Waals surface area contributed by atoms with Crippen LogP contribution in [0.2, 0.25) is 0 Å². The number of carbonyl (C=O) groups is 1. The first-order chi connectivity index (χ1) is 8.18. The van der Waals surface area contributed by atoms with Gasteiger partial charge in [0, 0.05) is 16.6 Å². The number of nitrogens with one attached hydrogen (secondary N) is 1. The van der Waals surface area contributed by atoms with Gasteiger partial charge in [0.05, 0.1) is 5.41 Å². The highest BCUT2D eigenvalue weighted by Crippen LogP contribution is 2.31. The highest BCUT2D eigenvalue weighted by molar-refractivity contribution is 9.10. The van der Waals surface area contributed by atoms with Gasteiger partial charge in [-0.25, -0.2) is 0 Å². The van der Waals surface area contributed by atoms with E-state index in [4.69, 9.17) is 0 Å². The number of hydrogen-bond acceptors (Lipinski definition) is 2. The van der Waals surface area contributed by atoms with Crippen molar-refractivity contribution in [2.24, 2.45) is 5.41 Å². The summed E-state index contributed by atoms with van der Waals surface area (Å²) in [7, 11) is 0. The monoisotopic (exact) mass is 313 g/mol. The zero-order valence-electron chi connectivity index (χ0n) is 11.2. The summed E-state index contributed by atoms with van der Waals surface area (Å²) >= 11 is 3.49. The van der Waals surface area contributed by atoms with Crippen molar-refractivity contribution in [1.82, 2.24) is 5.32 Å². The third kappa shape index (κ3) is 3.12.